The highest BCUT2D eigenvalue weighted by atomic mass is 19.1. The van der Waals surface area contributed by atoms with Gasteiger partial charge in [-0.2, -0.15) is 0 Å². The summed E-state index contributed by atoms with van der Waals surface area (Å²) in [5.41, 5.74) is 0.251. The molecule has 1 heterocycles. The topological polar surface area (TPSA) is 76.7 Å². The van der Waals surface area contributed by atoms with Crippen molar-refractivity contribution < 1.29 is 32.0 Å². The normalized spacial score (nSPS) is 20.8. The smallest absolute Gasteiger partial charge is 0.408 e. The van der Waals surface area contributed by atoms with Crippen molar-refractivity contribution in [2.24, 2.45) is 0 Å². The predicted molar refractivity (Wildman–Crippen MR) is 92.2 cm³/mol. The molecule has 0 unspecified atom stereocenters. The summed E-state index contributed by atoms with van der Waals surface area (Å²) in [6, 6.07) is 8.99. The number of carbonyl (C=O) groups excluding carboxylic acids is 2. The number of hydrogen-bond acceptors (Lipinski definition) is 4. The number of halogens is 2. The van der Waals surface area contributed by atoms with Crippen LogP contribution in [0.1, 0.15) is 21.2 Å². The number of carbonyl (C=O) groups is 2. The third-order valence-corrected chi connectivity index (χ3v) is 4.21. The maximum atomic E-state index is 14.6. The molecule has 1 aliphatic rings. The second kappa shape index (κ2) is 8.03. The van der Waals surface area contributed by atoms with Crippen LogP contribution in [0.15, 0.2) is 42.5 Å². The summed E-state index contributed by atoms with van der Waals surface area (Å²) in [6.07, 6.45) is -0.922. The molecule has 1 fully saturated rings. The summed E-state index contributed by atoms with van der Waals surface area (Å²) in [4.78, 5) is 24.2. The zero-order valence-electron chi connectivity index (χ0n) is 17.0. The van der Waals surface area contributed by atoms with Crippen molar-refractivity contribution in [3.8, 4) is 5.75 Å². The van der Waals surface area contributed by atoms with E-state index in [0.717, 1.165) is 17.7 Å². The minimum absolute atomic E-state index is 0.0461. The Labute approximate surface area is 158 Å². The molecule has 1 saturated heterocycles. The Kier molecular flexibility index (Phi) is 4.45. The van der Waals surface area contributed by atoms with E-state index in [4.69, 9.17) is 8.85 Å². The summed E-state index contributed by atoms with van der Waals surface area (Å²) in [6.45, 7) is -0.175. The number of amides is 2. The van der Waals surface area contributed by atoms with Crippen LogP contribution in [0, 0.1) is 11.6 Å². The number of hydrogen-bond donors (Lipinski definition) is 2. The van der Waals surface area contributed by atoms with Crippen LogP contribution < -0.4 is 15.4 Å². The summed E-state index contributed by atoms with van der Waals surface area (Å²) in [5.74, 6) is -4.40. The van der Waals surface area contributed by atoms with Gasteiger partial charge in [-0.15, -0.1) is 0 Å². The quantitative estimate of drug-likeness (QED) is 0.837. The third kappa shape index (κ3) is 4.16. The van der Waals surface area contributed by atoms with Gasteiger partial charge >= 0.3 is 6.09 Å². The van der Waals surface area contributed by atoms with Gasteiger partial charge in [-0.1, -0.05) is 30.3 Å². The van der Waals surface area contributed by atoms with Gasteiger partial charge in [0.15, 0.2) is 0 Å². The Morgan fingerprint density at radius 3 is 2.67 bits per heavy atom. The van der Waals surface area contributed by atoms with E-state index in [2.05, 4.69) is 15.4 Å². The number of rotatable bonds is 5. The van der Waals surface area contributed by atoms with Crippen molar-refractivity contribution in [1.29, 1.82) is 0 Å². The predicted octanol–water partition coefficient (Wildman–Crippen LogP) is 2.48. The van der Waals surface area contributed by atoms with Crippen LogP contribution in [0.3, 0.4) is 0 Å². The molecule has 1 aliphatic heterocycles. The Morgan fingerprint density at radius 1 is 1.30 bits per heavy atom. The van der Waals surface area contributed by atoms with Gasteiger partial charge in [0.2, 0.25) is 5.91 Å². The molecule has 0 spiro atoms. The number of ether oxygens (including phenoxy) is 2. The SMILES string of the molecule is [2H]C([2H])([2H])Oc1cc(F)c([C@@H]2CNC(=O)[C@H]2NC(=O)OCc2ccccc2)c(F)c1. The molecule has 2 aromatic rings. The lowest BCUT2D eigenvalue weighted by Crippen LogP contribution is -2.43. The van der Waals surface area contributed by atoms with E-state index in [1.807, 2.05) is 0 Å². The molecule has 2 aromatic carbocycles. The molecule has 27 heavy (non-hydrogen) atoms. The molecule has 2 N–H and O–H groups in total. The Hall–Kier alpha value is -3.16. The van der Waals surface area contributed by atoms with Gasteiger partial charge in [-0.25, -0.2) is 13.6 Å². The lowest BCUT2D eigenvalue weighted by molar-refractivity contribution is -0.120. The van der Waals surface area contributed by atoms with Crippen molar-refractivity contribution in [2.45, 2.75) is 18.6 Å². The van der Waals surface area contributed by atoms with Crippen LogP contribution in [0.4, 0.5) is 13.6 Å². The fourth-order valence-corrected chi connectivity index (χ4v) is 2.92. The van der Waals surface area contributed by atoms with Gasteiger partial charge in [0.25, 0.3) is 0 Å². The van der Waals surface area contributed by atoms with Gasteiger partial charge in [0.1, 0.15) is 30.0 Å². The number of methoxy groups -OCH3 is 1. The summed E-state index contributed by atoms with van der Waals surface area (Å²) in [5, 5.41) is 4.77. The first kappa shape index (κ1) is 15.0. The largest absolute Gasteiger partial charge is 0.497 e. The van der Waals surface area contributed by atoms with Crippen molar-refractivity contribution in [3.05, 3.63) is 65.2 Å². The molecule has 3 rings (SSSR count). The number of nitrogens with one attached hydrogen (secondary N) is 2. The van der Waals surface area contributed by atoms with Crippen molar-refractivity contribution >= 4 is 12.0 Å². The zero-order chi connectivity index (χ0) is 21.9. The highest BCUT2D eigenvalue weighted by Gasteiger charge is 2.40. The minimum atomic E-state index is -2.88. The molecule has 0 aliphatic carbocycles. The maximum absolute atomic E-state index is 14.6. The molecular weight excluding hydrogens is 358 g/mol. The summed E-state index contributed by atoms with van der Waals surface area (Å²) >= 11 is 0. The van der Waals surface area contributed by atoms with Crippen LogP contribution >= 0.6 is 0 Å². The molecule has 8 heteroatoms. The molecule has 0 radical (unpaired) electrons. The Morgan fingerprint density at radius 2 is 2.00 bits per heavy atom. The second-order valence-corrected chi connectivity index (χ2v) is 5.94. The molecule has 6 nitrogen and oxygen atoms in total. The van der Waals surface area contributed by atoms with E-state index in [-0.39, 0.29) is 13.2 Å². The van der Waals surface area contributed by atoms with Gasteiger partial charge < -0.3 is 20.1 Å². The van der Waals surface area contributed by atoms with E-state index in [1.165, 1.54) is 0 Å². The standard InChI is InChI=1S/C19H18F2N2O4/c1-26-12-7-14(20)16(15(21)8-12)13-9-22-18(24)17(13)23-19(25)27-10-11-5-3-2-4-6-11/h2-8,13,17H,9-10H2,1H3,(H,22,24)(H,23,25)/t13-,17-/m0/s1/i1D3. The van der Waals surface area contributed by atoms with Crippen LogP contribution in [0.25, 0.3) is 0 Å². The van der Waals surface area contributed by atoms with Gasteiger partial charge in [-0.05, 0) is 5.56 Å². The molecular formula is C19H18F2N2O4. The van der Waals surface area contributed by atoms with Crippen LogP contribution in [-0.2, 0) is 16.1 Å². The Bertz CT molecular complexity index is 918. The zero-order valence-corrected chi connectivity index (χ0v) is 14.0. The molecule has 0 aromatic heterocycles. The third-order valence-electron chi connectivity index (χ3n) is 4.21. The van der Waals surface area contributed by atoms with Gasteiger partial charge in [-0.3, -0.25) is 4.79 Å². The number of alkyl carbamates (subject to hydrolysis) is 1. The monoisotopic (exact) mass is 379 g/mol. The lowest BCUT2D eigenvalue weighted by atomic mass is 9.93. The van der Waals surface area contributed by atoms with E-state index in [1.54, 1.807) is 30.3 Å². The lowest BCUT2D eigenvalue weighted by Gasteiger charge is -2.20. The fourth-order valence-electron chi connectivity index (χ4n) is 2.92. The van der Waals surface area contributed by atoms with Gasteiger partial charge in [0.05, 0.1) is 11.2 Å². The molecule has 142 valence electrons. The summed E-state index contributed by atoms with van der Waals surface area (Å²) < 4.78 is 59.7. The first-order chi connectivity index (χ1) is 14.1. The van der Waals surface area contributed by atoms with E-state index in [0.29, 0.717) is 0 Å². The average Bonchev–Trinajstić information content (AvgIpc) is 2.99. The average molecular weight is 379 g/mol. The summed E-state index contributed by atoms with van der Waals surface area (Å²) in [7, 11) is -2.88. The molecule has 2 amide bonds. The first-order valence-electron chi connectivity index (χ1n) is 9.57. The first-order valence-corrected chi connectivity index (χ1v) is 8.07. The van der Waals surface area contributed by atoms with E-state index >= 15 is 0 Å². The molecule has 0 bridgehead atoms. The molecule has 0 saturated carbocycles. The van der Waals surface area contributed by atoms with Crippen molar-refractivity contribution in [1.82, 2.24) is 10.6 Å². The number of benzene rings is 2. The second-order valence-electron chi connectivity index (χ2n) is 5.94. The van der Waals surface area contributed by atoms with E-state index < -0.39 is 53.9 Å². The van der Waals surface area contributed by atoms with Crippen molar-refractivity contribution in [3.63, 3.8) is 0 Å². The highest BCUT2D eigenvalue weighted by Crippen LogP contribution is 2.31. The minimum Gasteiger partial charge on any atom is -0.497 e. The Balaban J connectivity index is 1.73. The molecule has 2 atom stereocenters. The maximum Gasteiger partial charge on any atom is 0.408 e. The van der Waals surface area contributed by atoms with Crippen LogP contribution in [0.5, 0.6) is 5.75 Å². The van der Waals surface area contributed by atoms with E-state index in [9.17, 15) is 18.4 Å². The fraction of sp³-hybridized carbons (Fsp3) is 0.263. The van der Waals surface area contributed by atoms with Gasteiger partial charge in [0, 0.05) is 30.2 Å². The highest BCUT2D eigenvalue weighted by molar-refractivity contribution is 5.89. The van der Waals surface area contributed by atoms with Crippen molar-refractivity contribution in [2.75, 3.05) is 13.6 Å². The van der Waals surface area contributed by atoms with Crippen LogP contribution in [0.2, 0.25) is 0 Å². The van der Waals surface area contributed by atoms with Crippen LogP contribution in [-0.4, -0.2) is 31.6 Å².